The van der Waals surface area contributed by atoms with E-state index in [0.29, 0.717) is 18.7 Å². The minimum atomic E-state index is -0.348. The zero-order valence-electron chi connectivity index (χ0n) is 14.4. The Morgan fingerprint density at radius 2 is 1.81 bits per heavy atom. The summed E-state index contributed by atoms with van der Waals surface area (Å²) in [6.07, 6.45) is 2.12. The number of esters is 1. The fourth-order valence-electron chi connectivity index (χ4n) is 2.51. The third kappa shape index (κ3) is 4.42. The van der Waals surface area contributed by atoms with Crippen LogP contribution in [0.1, 0.15) is 23.4 Å². The monoisotopic (exact) mass is 353 g/mol. The third-order valence-electron chi connectivity index (χ3n) is 3.84. The number of amides is 1. The maximum absolute atomic E-state index is 12.0. The molecule has 0 aliphatic rings. The molecule has 1 amide bonds. The second-order valence-electron chi connectivity index (χ2n) is 5.69. The fourth-order valence-corrected chi connectivity index (χ4v) is 2.51. The summed E-state index contributed by atoms with van der Waals surface area (Å²) < 4.78 is 15.6. The van der Waals surface area contributed by atoms with Crippen LogP contribution in [0.5, 0.6) is 11.5 Å². The lowest BCUT2D eigenvalue weighted by Gasteiger charge is -2.07. The van der Waals surface area contributed by atoms with Gasteiger partial charge in [-0.15, -0.1) is 0 Å². The van der Waals surface area contributed by atoms with E-state index in [1.807, 2.05) is 24.3 Å². The molecule has 2 aromatic carbocycles. The fraction of sp³-hybridized carbons (Fsp3) is 0.200. The van der Waals surface area contributed by atoms with Crippen LogP contribution in [0.4, 0.5) is 0 Å². The first kappa shape index (κ1) is 17.5. The molecule has 0 spiro atoms. The highest BCUT2D eigenvalue weighted by atomic mass is 16.5. The van der Waals surface area contributed by atoms with Crippen molar-refractivity contribution in [3.8, 4) is 11.5 Å². The molecule has 1 aromatic heterocycles. The van der Waals surface area contributed by atoms with Crippen molar-refractivity contribution in [1.29, 1.82) is 0 Å². The molecule has 0 atom stereocenters. The van der Waals surface area contributed by atoms with Gasteiger partial charge in [0.25, 0.3) is 5.91 Å². The molecule has 0 saturated heterocycles. The first-order chi connectivity index (χ1) is 12.7. The predicted molar refractivity (Wildman–Crippen MR) is 96.4 cm³/mol. The van der Waals surface area contributed by atoms with E-state index >= 15 is 0 Å². The van der Waals surface area contributed by atoms with Crippen molar-refractivity contribution in [2.24, 2.45) is 0 Å². The van der Waals surface area contributed by atoms with Gasteiger partial charge in [-0.2, -0.15) is 0 Å². The van der Waals surface area contributed by atoms with E-state index in [2.05, 4.69) is 5.32 Å². The van der Waals surface area contributed by atoms with Crippen molar-refractivity contribution >= 4 is 22.6 Å². The molecular weight excluding hydrogens is 334 g/mol. The summed E-state index contributed by atoms with van der Waals surface area (Å²) in [6.45, 7) is 0.365. The number of hydrogen-bond donors (Lipinski definition) is 1. The van der Waals surface area contributed by atoms with E-state index in [1.54, 1.807) is 31.4 Å². The van der Waals surface area contributed by atoms with Crippen LogP contribution in [-0.2, 0) is 4.79 Å². The molecule has 1 heterocycles. The van der Waals surface area contributed by atoms with E-state index < -0.39 is 0 Å². The van der Waals surface area contributed by atoms with Crippen LogP contribution in [0.15, 0.2) is 59.2 Å². The van der Waals surface area contributed by atoms with Crippen LogP contribution in [0, 0.1) is 0 Å². The molecule has 0 aliphatic carbocycles. The van der Waals surface area contributed by atoms with Gasteiger partial charge in [0, 0.05) is 13.0 Å². The van der Waals surface area contributed by atoms with Gasteiger partial charge in [0.05, 0.1) is 13.4 Å². The normalized spacial score (nSPS) is 10.5. The minimum Gasteiger partial charge on any atom is -0.497 e. The number of carbonyl (C=O) groups excluding carboxylic acids is 2. The molecule has 3 rings (SSSR count). The van der Waals surface area contributed by atoms with Gasteiger partial charge >= 0.3 is 5.97 Å². The molecule has 0 aliphatic heterocycles. The Bertz CT molecular complexity index is 902. The van der Waals surface area contributed by atoms with Crippen LogP contribution in [-0.4, -0.2) is 25.5 Å². The van der Waals surface area contributed by atoms with Crippen molar-refractivity contribution in [1.82, 2.24) is 5.32 Å². The quantitative estimate of drug-likeness (QED) is 0.399. The van der Waals surface area contributed by atoms with Crippen molar-refractivity contribution in [3.05, 3.63) is 60.6 Å². The van der Waals surface area contributed by atoms with Crippen molar-refractivity contribution in [2.75, 3.05) is 13.7 Å². The van der Waals surface area contributed by atoms with E-state index in [-0.39, 0.29) is 24.1 Å². The molecule has 0 unspecified atom stereocenters. The molecule has 0 radical (unpaired) electrons. The molecule has 6 heteroatoms. The summed E-state index contributed by atoms with van der Waals surface area (Å²) >= 11 is 0. The number of hydrogen-bond acceptors (Lipinski definition) is 5. The Kier molecular flexibility index (Phi) is 5.53. The number of ether oxygens (including phenoxy) is 2. The lowest BCUT2D eigenvalue weighted by atomic mass is 10.1. The number of benzene rings is 2. The van der Waals surface area contributed by atoms with Crippen molar-refractivity contribution < 1.29 is 23.5 Å². The SMILES string of the molecule is COc1ccc2ccc(OC(=O)CCCNC(=O)c3ccco3)cc2c1. The van der Waals surface area contributed by atoms with Gasteiger partial charge in [-0.25, -0.2) is 0 Å². The highest BCUT2D eigenvalue weighted by molar-refractivity contribution is 5.91. The molecule has 3 aromatic rings. The molecule has 0 saturated carbocycles. The number of methoxy groups -OCH3 is 1. The number of nitrogens with one attached hydrogen (secondary N) is 1. The highest BCUT2D eigenvalue weighted by Crippen LogP contribution is 2.25. The Morgan fingerprint density at radius 1 is 1.04 bits per heavy atom. The topological polar surface area (TPSA) is 77.8 Å². The molecule has 134 valence electrons. The maximum atomic E-state index is 12.0. The zero-order chi connectivity index (χ0) is 18.4. The first-order valence-corrected chi connectivity index (χ1v) is 8.26. The standard InChI is InChI=1S/C20H19NO5/c1-24-16-8-6-14-7-9-17(13-15(14)12-16)26-19(22)5-2-10-21-20(23)18-4-3-11-25-18/h3-4,6-9,11-13H,2,5,10H2,1H3,(H,21,23). The largest absolute Gasteiger partial charge is 0.497 e. The highest BCUT2D eigenvalue weighted by Gasteiger charge is 2.09. The van der Waals surface area contributed by atoms with Crippen molar-refractivity contribution in [2.45, 2.75) is 12.8 Å². The summed E-state index contributed by atoms with van der Waals surface area (Å²) in [5.41, 5.74) is 0. The zero-order valence-corrected chi connectivity index (χ0v) is 14.4. The van der Waals surface area contributed by atoms with Gasteiger partial charge in [-0.05, 0) is 53.6 Å². The van der Waals surface area contributed by atoms with E-state index in [9.17, 15) is 9.59 Å². The van der Waals surface area contributed by atoms with Crippen LogP contribution in [0.25, 0.3) is 10.8 Å². The predicted octanol–water partition coefficient (Wildman–Crippen LogP) is 3.56. The number of carbonyl (C=O) groups is 2. The Balaban J connectivity index is 1.48. The smallest absolute Gasteiger partial charge is 0.311 e. The molecular formula is C20H19NO5. The minimum absolute atomic E-state index is 0.203. The second kappa shape index (κ2) is 8.20. The Morgan fingerprint density at radius 3 is 2.54 bits per heavy atom. The summed E-state index contributed by atoms with van der Waals surface area (Å²) in [6, 6.07) is 14.4. The molecule has 0 fully saturated rings. The van der Waals surface area contributed by atoms with Gasteiger partial charge < -0.3 is 19.2 Å². The Labute approximate surface area is 150 Å². The van der Waals surface area contributed by atoms with Gasteiger partial charge in [-0.3, -0.25) is 9.59 Å². The number of rotatable bonds is 7. The Hall–Kier alpha value is -3.28. The second-order valence-corrected chi connectivity index (χ2v) is 5.69. The van der Waals surface area contributed by atoms with E-state index in [0.717, 1.165) is 16.5 Å². The lowest BCUT2D eigenvalue weighted by molar-refractivity contribution is -0.134. The van der Waals surface area contributed by atoms with Crippen LogP contribution < -0.4 is 14.8 Å². The average Bonchev–Trinajstić information content (AvgIpc) is 3.19. The van der Waals surface area contributed by atoms with Crippen LogP contribution in [0.3, 0.4) is 0 Å². The van der Waals surface area contributed by atoms with E-state index in [4.69, 9.17) is 13.9 Å². The lowest BCUT2D eigenvalue weighted by Crippen LogP contribution is -2.24. The van der Waals surface area contributed by atoms with Crippen LogP contribution in [0.2, 0.25) is 0 Å². The van der Waals surface area contributed by atoms with Gasteiger partial charge in [0.2, 0.25) is 0 Å². The van der Waals surface area contributed by atoms with Gasteiger partial charge in [0.15, 0.2) is 5.76 Å². The molecule has 6 nitrogen and oxygen atoms in total. The maximum Gasteiger partial charge on any atom is 0.311 e. The van der Waals surface area contributed by atoms with E-state index in [1.165, 1.54) is 6.26 Å². The summed E-state index contributed by atoms with van der Waals surface area (Å²) in [5, 5.41) is 4.65. The molecule has 26 heavy (non-hydrogen) atoms. The summed E-state index contributed by atoms with van der Waals surface area (Å²) in [5.74, 6) is 0.828. The average molecular weight is 353 g/mol. The third-order valence-corrected chi connectivity index (χ3v) is 3.84. The van der Waals surface area contributed by atoms with Crippen molar-refractivity contribution in [3.63, 3.8) is 0 Å². The van der Waals surface area contributed by atoms with Gasteiger partial charge in [-0.1, -0.05) is 12.1 Å². The number of furan rings is 1. The molecule has 0 bridgehead atoms. The van der Waals surface area contributed by atoms with Gasteiger partial charge in [0.1, 0.15) is 11.5 Å². The number of fused-ring (bicyclic) bond motifs is 1. The first-order valence-electron chi connectivity index (χ1n) is 8.26. The molecule has 1 N–H and O–H groups in total. The summed E-state index contributed by atoms with van der Waals surface area (Å²) in [7, 11) is 1.61. The van der Waals surface area contributed by atoms with Crippen LogP contribution >= 0.6 is 0 Å². The summed E-state index contributed by atoms with van der Waals surface area (Å²) in [4.78, 5) is 23.7.